The minimum atomic E-state index is -0.356. The van der Waals surface area contributed by atoms with E-state index in [4.69, 9.17) is 11.6 Å². The predicted molar refractivity (Wildman–Crippen MR) is 117 cm³/mol. The predicted octanol–water partition coefficient (Wildman–Crippen LogP) is 4.77. The van der Waals surface area contributed by atoms with E-state index in [9.17, 15) is 14.0 Å². The summed E-state index contributed by atoms with van der Waals surface area (Å²) in [6.07, 6.45) is 3.56. The van der Waals surface area contributed by atoms with Gasteiger partial charge in [-0.2, -0.15) is 0 Å². The Morgan fingerprint density at radius 3 is 2.53 bits per heavy atom. The Morgan fingerprint density at radius 1 is 1.10 bits per heavy atom. The van der Waals surface area contributed by atoms with Gasteiger partial charge in [0.25, 0.3) is 11.8 Å². The van der Waals surface area contributed by atoms with Crippen LogP contribution in [0.2, 0.25) is 5.02 Å². The second-order valence-electron chi connectivity index (χ2n) is 7.82. The average Bonchev–Trinajstić information content (AvgIpc) is 3.40. The number of hydrogen-bond donors (Lipinski definition) is 0. The molecule has 2 aliphatic heterocycles. The first kappa shape index (κ1) is 19.9. The van der Waals surface area contributed by atoms with Crippen molar-refractivity contribution in [2.45, 2.75) is 12.8 Å². The van der Waals surface area contributed by atoms with Crippen LogP contribution in [0.15, 0.2) is 29.8 Å². The Labute approximate surface area is 186 Å². The highest BCUT2D eigenvalue weighted by Gasteiger charge is 2.39. The number of amides is 2. The van der Waals surface area contributed by atoms with Crippen LogP contribution in [0.1, 0.15) is 32.3 Å². The number of aromatic nitrogens is 1. The normalized spacial score (nSPS) is 18.1. The van der Waals surface area contributed by atoms with Crippen molar-refractivity contribution in [1.29, 1.82) is 0 Å². The number of carbonyl (C=O) groups is 2. The largest absolute Gasteiger partial charge is 0.337 e. The molecule has 5 rings (SSSR count). The van der Waals surface area contributed by atoms with E-state index in [1.807, 2.05) is 15.2 Å². The molecule has 0 bridgehead atoms. The fourth-order valence-corrected chi connectivity index (χ4v) is 6.26. The first-order valence-corrected chi connectivity index (χ1v) is 11.9. The molecule has 3 aromatic rings. The zero-order chi connectivity index (χ0) is 20.8. The number of thiazole rings is 1. The van der Waals surface area contributed by atoms with E-state index < -0.39 is 0 Å². The van der Waals surface area contributed by atoms with Crippen molar-refractivity contribution in [3.63, 3.8) is 0 Å². The molecule has 0 aliphatic carbocycles. The quantitative estimate of drug-likeness (QED) is 0.562. The highest BCUT2D eigenvalue weighted by molar-refractivity contribution is 7.21. The van der Waals surface area contributed by atoms with Gasteiger partial charge in [-0.05, 0) is 42.9 Å². The topological polar surface area (TPSA) is 53.5 Å². The fraction of sp³-hybridized carbons (Fsp3) is 0.381. The lowest BCUT2D eigenvalue weighted by Crippen LogP contribution is -2.54. The number of carbonyl (C=O) groups excluding carboxylic acids is 2. The standard InChI is InChI=1S/C21H19ClFN3O2S2/c22-15-1-2-16(23)14-9-17(30-18(14)15)20(27)26-10-13(11-26)12-3-6-25(7-4-12)21(28)19-24-5-8-29-19/h1-2,5,8-9,12-13H,3-4,6-7,10-11H2. The summed E-state index contributed by atoms with van der Waals surface area (Å²) in [7, 11) is 0. The maximum absolute atomic E-state index is 14.0. The molecular formula is C21H19ClFN3O2S2. The van der Waals surface area contributed by atoms with E-state index in [1.54, 1.807) is 12.3 Å². The summed E-state index contributed by atoms with van der Waals surface area (Å²) < 4.78 is 14.6. The van der Waals surface area contributed by atoms with Gasteiger partial charge in [0.05, 0.1) is 14.6 Å². The van der Waals surface area contributed by atoms with Crippen molar-refractivity contribution in [2.24, 2.45) is 11.8 Å². The first-order chi connectivity index (χ1) is 14.5. The molecule has 2 amide bonds. The average molecular weight is 464 g/mol. The number of thiophene rings is 1. The first-order valence-electron chi connectivity index (χ1n) is 9.87. The van der Waals surface area contributed by atoms with Crippen molar-refractivity contribution >= 4 is 56.2 Å². The Kier molecular flexibility index (Phi) is 5.24. The Morgan fingerprint density at radius 2 is 1.87 bits per heavy atom. The van der Waals surface area contributed by atoms with Crippen molar-refractivity contribution in [1.82, 2.24) is 14.8 Å². The van der Waals surface area contributed by atoms with Crippen LogP contribution in [0.3, 0.4) is 0 Å². The molecule has 156 valence electrons. The minimum Gasteiger partial charge on any atom is -0.337 e. The minimum absolute atomic E-state index is 0.0181. The molecule has 0 saturated carbocycles. The van der Waals surface area contributed by atoms with Crippen LogP contribution >= 0.6 is 34.3 Å². The van der Waals surface area contributed by atoms with Crippen LogP contribution in [-0.2, 0) is 0 Å². The van der Waals surface area contributed by atoms with Crippen LogP contribution in [0.4, 0.5) is 4.39 Å². The Balaban J connectivity index is 1.17. The molecule has 0 spiro atoms. The fourth-order valence-electron chi connectivity index (χ4n) is 4.33. The number of benzene rings is 1. The smallest absolute Gasteiger partial charge is 0.282 e. The van der Waals surface area contributed by atoms with Crippen molar-refractivity contribution in [3.05, 3.63) is 50.5 Å². The van der Waals surface area contributed by atoms with Crippen LogP contribution < -0.4 is 0 Å². The van der Waals surface area contributed by atoms with Crippen LogP contribution in [0, 0.1) is 17.7 Å². The lowest BCUT2D eigenvalue weighted by Gasteiger charge is -2.45. The molecule has 30 heavy (non-hydrogen) atoms. The third kappa shape index (κ3) is 3.50. The molecule has 0 N–H and O–H groups in total. The maximum Gasteiger partial charge on any atom is 0.282 e. The van der Waals surface area contributed by atoms with E-state index in [-0.39, 0.29) is 17.6 Å². The summed E-state index contributed by atoms with van der Waals surface area (Å²) in [5.74, 6) is 0.582. The van der Waals surface area contributed by atoms with Gasteiger partial charge in [0.2, 0.25) is 0 Å². The van der Waals surface area contributed by atoms with Gasteiger partial charge in [0, 0.05) is 43.1 Å². The monoisotopic (exact) mass is 463 g/mol. The summed E-state index contributed by atoms with van der Waals surface area (Å²) in [5, 5.41) is 3.24. The maximum atomic E-state index is 14.0. The summed E-state index contributed by atoms with van der Waals surface area (Å²) >= 11 is 8.78. The number of hydrogen-bond acceptors (Lipinski definition) is 5. The Bertz CT molecular complexity index is 1060. The van der Waals surface area contributed by atoms with E-state index in [1.165, 1.54) is 34.8 Å². The summed E-state index contributed by atoms with van der Waals surface area (Å²) in [5.41, 5.74) is 0. The van der Waals surface area contributed by atoms with E-state index in [0.29, 0.717) is 49.9 Å². The van der Waals surface area contributed by atoms with Crippen LogP contribution in [0.25, 0.3) is 10.1 Å². The molecule has 9 heteroatoms. The van der Waals surface area contributed by atoms with Gasteiger partial charge in [-0.3, -0.25) is 9.59 Å². The summed E-state index contributed by atoms with van der Waals surface area (Å²) in [6, 6.07) is 4.46. The molecule has 2 fully saturated rings. The van der Waals surface area contributed by atoms with Gasteiger partial charge in [-0.15, -0.1) is 22.7 Å². The van der Waals surface area contributed by atoms with E-state index in [2.05, 4.69) is 4.98 Å². The van der Waals surface area contributed by atoms with Crippen LogP contribution in [0.5, 0.6) is 0 Å². The van der Waals surface area contributed by atoms with E-state index in [0.717, 1.165) is 25.9 Å². The van der Waals surface area contributed by atoms with Crippen molar-refractivity contribution in [2.75, 3.05) is 26.2 Å². The molecular weight excluding hydrogens is 445 g/mol. The number of rotatable bonds is 3. The van der Waals surface area contributed by atoms with Gasteiger partial charge < -0.3 is 9.80 Å². The highest BCUT2D eigenvalue weighted by Crippen LogP contribution is 2.37. The zero-order valence-electron chi connectivity index (χ0n) is 16.0. The number of halogens is 2. The van der Waals surface area contributed by atoms with Crippen molar-refractivity contribution < 1.29 is 14.0 Å². The lowest BCUT2D eigenvalue weighted by atomic mass is 9.79. The highest BCUT2D eigenvalue weighted by atomic mass is 35.5. The van der Waals surface area contributed by atoms with Gasteiger partial charge in [-0.1, -0.05) is 11.6 Å². The number of likely N-dealkylation sites (tertiary alicyclic amines) is 2. The van der Waals surface area contributed by atoms with Gasteiger partial charge >= 0.3 is 0 Å². The number of fused-ring (bicyclic) bond motifs is 1. The molecule has 1 aromatic carbocycles. The molecule has 5 nitrogen and oxygen atoms in total. The van der Waals surface area contributed by atoms with Crippen LogP contribution in [-0.4, -0.2) is 52.8 Å². The molecule has 4 heterocycles. The third-order valence-corrected chi connectivity index (χ3v) is 8.44. The third-order valence-electron chi connectivity index (χ3n) is 6.10. The van der Waals surface area contributed by atoms with Crippen molar-refractivity contribution in [3.8, 4) is 0 Å². The molecule has 0 unspecified atom stereocenters. The van der Waals surface area contributed by atoms with Gasteiger partial charge in [0.1, 0.15) is 5.82 Å². The van der Waals surface area contributed by atoms with Gasteiger partial charge in [-0.25, -0.2) is 9.37 Å². The SMILES string of the molecule is O=C(c1cc2c(F)ccc(Cl)c2s1)N1CC(C2CCN(C(=O)c3nccs3)CC2)C1. The second kappa shape index (κ2) is 7.90. The summed E-state index contributed by atoms with van der Waals surface area (Å²) in [6.45, 7) is 2.91. The zero-order valence-corrected chi connectivity index (χ0v) is 18.4. The summed E-state index contributed by atoms with van der Waals surface area (Å²) in [4.78, 5) is 33.6. The van der Waals surface area contributed by atoms with E-state index >= 15 is 0 Å². The molecule has 2 saturated heterocycles. The lowest BCUT2D eigenvalue weighted by molar-refractivity contribution is 0.0232. The molecule has 0 atom stereocenters. The molecule has 0 radical (unpaired) electrons. The van der Waals surface area contributed by atoms with Gasteiger partial charge in [0.15, 0.2) is 5.01 Å². The molecule has 2 aromatic heterocycles. The number of piperidine rings is 1. The number of nitrogens with zero attached hydrogens (tertiary/aromatic N) is 3. The second-order valence-corrected chi connectivity index (χ2v) is 10.2. The molecule has 2 aliphatic rings. The Hall–Kier alpha value is -2.03.